The molecule has 3 aromatic rings. The van der Waals surface area contributed by atoms with E-state index in [0.29, 0.717) is 29.7 Å². The summed E-state index contributed by atoms with van der Waals surface area (Å²) in [5.74, 6) is -1.74. The topological polar surface area (TPSA) is 86.6 Å². The molecule has 0 atom stereocenters. The molecule has 3 aromatic carbocycles. The zero-order chi connectivity index (χ0) is 25.0. The van der Waals surface area contributed by atoms with E-state index >= 15 is 0 Å². The van der Waals surface area contributed by atoms with E-state index in [-0.39, 0.29) is 23.7 Å². The van der Waals surface area contributed by atoms with Crippen molar-refractivity contribution in [2.75, 3.05) is 20.8 Å². The van der Waals surface area contributed by atoms with Gasteiger partial charge in [-0.05, 0) is 28.8 Å². The smallest absolute Gasteiger partial charge is 0.339 e. The lowest BCUT2D eigenvalue weighted by atomic mass is 10.0. The highest BCUT2D eigenvalue weighted by molar-refractivity contribution is 6.15. The van der Waals surface area contributed by atoms with E-state index in [4.69, 9.17) is 19.0 Å². The second kappa shape index (κ2) is 12.8. The molecule has 0 unspecified atom stereocenters. The molecule has 0 saturated heterocycles. The molecule has 0 bridgehead atoms. The first-order valence-corrected chi connectivity index (χ1v) is 10.8. The van der Waals surface area contributed by atoms with Crippen LogP contribution in [0.1, 0.15) is 22.3 Å². The molecule has 0 aliphatic rings. The first-order chi connectivity index (χ1) is 17.0. The van der Waals surface area contributed by atoms with E-state index in [1.165, 1.54) is 26.5 Å². The van der Waals surface area contributed by atoms with Crippen LogP contribution in [0.15, 0.2) is 78.1 Å². The molecule has 35 heavy (non-hydrogen) atoms. The Kier molecular flexibility index (Phi) is 9.24. The lowest BCUT2D eigenvalue weighted by molar-refractivity contribution is -0.130. The Labute approximate surface area is 203 Å². The number of hydrogen-bond donors (Lipinski definition) is 1. The maximum absolute atomic E-state index is 14.9. The van der Waals surface area contributed by atoms with Crippen molar-refractivity contribution >= 4 is 17.8 Å². The summed E-state index contributed by atoms with van der Waals surface area (Å²) in [5, 5.41) is 13.4. The summed E-state index contributed by atoms with van der Waals surface area (Å²) in [7, 11) is 2.76. The molecule has 0 amide bonds. The van der Waals surface area contributed by atoms with E-state index in [0.717, 1.165) is 11.8 Å². The fourth-order valence-corrected chi connectivity index (χ4v) is 3.32. The minimum absolute atomic E-state index is 0.0436. The summed E-state index contributed by atoms with van der Waals surface area (Å²) >= 11 is 0. The number of carboxylic acids is 1. The lowest BCUT2D eigenvalue weighted by Crippen LogP contribution is -2.07. The summed E-state index contributed by atoms with van der Waals surface area (Å²) < 4.78 is 30.8. The normalized spacial score (nSPS) is 11.3. The number of carbonyl (C=O) groups is 1. The molecule has 1 N–H and O–H groups in total. The van der Waals surface area contributed by atoms with Crippen molar-refractivity contribution in [3.63, 3.8) is 0 Å². The van der Waals surface area contributed by atoms with E-state index in [1.54, 1.807) is 30.3 Å². The second-order valence-electron chi connectivity index (χ2n) is 7.36. The molecule has 0 radical (unpaired) electrons. The molecule has 8 heteroatoms. The van der Waals surface area contributed by atoms with Crippen molar-refractivity contribution in [2.24, 2.45) is 5.16 Å². The highest BCUT2D eigenvalue weighted by Crippen LogP contribution is 2.33. The number of benzene rings is 3. The summed E-state index contributed by atoms with van der Waals surface area (Å²) in [5.41, 5.74) is 2.46. The summed E-state index contributed by atoms with van der Waals surface area (Å²) in [6.45, 7) is 0.296. The molecular weight excluding hydrogens is 453 g/mol. The Morgan fingerprint density at radius 1 is 1.06 bits per heavy atom. The zero-order valence-electron chi connectivity index (χ0n) is 19.4. The van der Waals surface area contributed by atoms with E-state index in [9.17, 15) is 14.3 Å². The van der Waals surface area contributed by atoms with Gasteiger partial charge in [0.2, 0.25) is 0 Å². The third-order valence-corrected chi connectivity index (χ3v) is 5.00. The van der Waals surface area contributed by atoms with Gasteiger partial charge in [-0.25, -0.2) is 9.18 Å². The molecule has 0 aromatic heterocycles. The van der Waals surface area contributed by atoms with Crippen molar-refractivity contribution in [3.8, 4) is 11.5 Å². The van der Waals surface area contributed by atoms with Gasteiger partial charge in [0.15, 0.2) is 17.3 Å². The quantitative estimate of drug-likeness (QED) is 0.128. The van der Waals surface area contributed by atoms with Crippen molar-refractivity contribution in [3.05, 3.63) is 101 Å². The fraction of sp³-hybridized carbons (Fsp3) is 0.185. The number of nitrogens with zero attached hydrogens (tertiary/aromatic N) is 1. The average Bonchev–Trinajstić information content (AvgIpc) is 2.87. The summed E-state index contributed by atoms with van der Waals surface area (Å²) in [4.78, 5) is 16.9. The molecule has 0 heterocycles. The fourth-order valence-electron chi connectivity index (χ4n) is 3.32. The van der Waals surface area contributed by atoms with Crippen molar-refractivity contribution < 1.29 is 33.3 Å². The predicted octanol–water partition coefficient (Wildman–Crippen LogP) is 5.08. The first kappa shape index (κ1) is 25.3. The van der Waals surface area contributed by atoms with Gasteiger partial charge < -0.3 is 24.2 Å². The lowest BCUT2D eigenvalue weighted by Gasteiger charge is -2.15. The molecule has 7 nitrogen and oxygen atoms in total. The van der Waals surface area contributed by atoms with Crippen LogP contribution in [0, 0.1) is 5.82 Å². The van der Waals surface area contributed by atoms with Crippen LogP contribution in [0.5, 0.6) is 11.5 Å². The Hall–Kier alpha value is -4.33. The molecule has 0 aliphatic carbocycles. The standard InChI is InChI=1S/C27H26FNO6/c1-32-18-23(27(30)31)22-11-7-6-10-21(22)17-34-26-24(28)14-20(15-25(26)33-2)16-29-35-13-12-19-8-4-3-5-9-19/h3-11,14-16,18H,12-13,17H2,1-2H3,(H,30,31). The largest absolute Gasteiger partial charge is 0.503 e. The van der Waals surface area contributed by atoms with Gasteiger partial charge >= 0.3 is 5.97 Å². The molecule has 0 spiro atoms. The first-order valence-electron chi connectivity index (χ1n) is 10.8. The number of methoxy groups -OCH3 is 2. The Morgan fingerprint density at radius 3 is 2.51 bits per heavy atom. The number of rotatable bonds is 12. The van der Waals surface area contributed by atoms with Crippen LogP contribution >= 0.6 is 0 Å². The maximum Gasteiger partial charge on any atom is 0.339 e. The Morgan fingerprint density at radius 2 is 1.80 bits per heavy atom. The third kappa shape index (κ3) is 7.07. The van der Waals surface area contributed by atoms with Crippen molar-refractivity contribution in [1.29, 1.82) is 0 Å². The van der Waals surface area contributed by atoms with Gasteiger partial charge in [-0.3, -0.25) is 0 Å². The van der Waals surface area contributed by atoms with E-state index in [2.05, 4.69) is 5.16 Å². The number of ether oxygens (including phenoxy) is 3. The second-order valence-corrected chi connectivity index (χ2v) is 7.36. The number of aliphatic carboxylic acids is 1. The average molecular weight is 480 g/mol. The van der Waals surface area contributed by atoms with Gasteiger partial charge in [0.05, 0.1) is 26.7 Å². The molecule has 3 rings (SSSR count). The summed E-state index contributed by atoms with van der Waals surface area (Å²) in [6, 6.07) is 19.4. The van der Waals surface area contributed by atoms with Gasteiger partial charge in [-0.15, -0.1) is 0 Å². The third-order valence-electron chi connectivity index (χ3n) is 5.00. The van der Waals surface area contributed by atoms with Crippen LogP contribution < -0.4 is 9.47 Å². The number of halogens is 1. The van der Waals surface area contributed by atoms with Crippen LogP contribution in [-0.2, 0) is 27.4 Å². The highest BCUT2D eigenvalue weighted by Gasteiger charge is 2.18. The van der Waals surface area contributed by atoms with Gasteiger partial charge in [-0.1, -0.05) is 59.8 Å². The zero-order valence-corrected chi connectivity index (χ0v) is 19.4. The summed E-state index contributed by atoms with van der Waals surface area (Å²) in [6.07, 6.45) is 3.23. The van der Waals surface area contributed by atoms with Gasteiger partial charge in [0, 0.05) is 12.0 Å². The van der Waals surface area contributed by atoms with Gasteiger partial charge in [0.25, 0.3) is 0 Å². The minimum atomic E-state index is -1.15. The molecule has 0 aliphatic heterocycles. The molecule has 0 saturated carbocycles. The predicted molar refractivity (Wildman–Crippen MR) is 130 cm³/mol. The van der Waals surface area contributed by atoms with Crippen LogP contribution in [-0.4, -0.2) is 38.1 Å². The minimum Gasteiger partial charge on any atom is -0.503 e. The van der Waals surface area contributed by atoms with Crippen LogP contribution in [0.2, 0.25) is 0 Å². The van der Waals surface area contributed by atoms with Crippen LogP contribution in [0.3, 0.4) is 0 Å². The monoisotopic (exact) mass is 479 g/mol. The Bertz CT molecular complexity index is 1190. The molecule has 0 fully saturated rings. The van der Waals surface area contributed by atoms with Gasteiger partial charge in [-0.2, -0.15) is 0 Å². The van der Waals surface area contributed by atoms with Gasteiger partial charge in [0.1, 0.15) is 18.8 Å². The van der Waals surface area contributed by atoms with E-state index < -0.39 is 11.8 Å². The number of carboxylic acid groups (broad SMARTS) is 1. The highest BCUT2D eigenvalue weighted by atomic mass is 19.1. The van der Waals surface area contributed by atoms with E-state index in [1.807, 2.05) is 30.3 Å². The molecule has 182 valence electrons. The van der Waals surface area contributed by atoms with Crippen molar-refractivity contribution in [2.45, 2.75) is 13.0 Å². The van der Waals surface area contributed by atoms with Crippen LogP contribution in [0.4, 0.5) is 4.39 Å². The SMILES string of the molecule is COC=C(C(=O)O)c1ccccc1COc1c(F)cc(C=NOCCc2ccccc2)cc1OC. The Balaban J connectivity index is 1.69. The number of hydrogen-bond acceptors (Lipinski definition) is 6. The van der Waals surface area contributed by atoms with Crippen LogP contribution in [0.25, 0.3) is 5.57 Å². The van der Waals surface area contributed by atoms with Crippen molar-refractivity contribution in [1.82, 2.24) is 0 Å². The number of oxime groups is 1. The molecular formula is C27H26FNO6. The maximum atomic E-state index is 14.9.